The average molecular weight is 360 g/mol. The van der Waals surface area contributed by atoms with Gasteiger partial charge in [-0.05, 0) is 29.7 Å². The van der Waals surface area contributed by atoms with Crippen LogP contribution < -0.4 is 4.74 Å². The predicted molar refractivity (Wildman–Crippen MR) is 96.3 cm³/mol. The van der Waals surface area contributed by atoms with Crippen LogP contribution in [0.2, 0.25) is 0 Å². The summed E-state index contributed by atoms with van der Waals surface area (Å²) >= 11 is 0. The van der Waals surface area contributed by atoms with Gasteiger partial charge in [0, 0.05) is 52.4 Å². The molecule has 1 aliphatic rings. The van der Waals surface area contributed by atoms with Crippen LogP contribution in [0.4, 0.5) is 4.39 Å². The molecular formula is C19H25FN4O2. The Kier molecular flexibility index (Phi) is 5.88. The standard InChI is InChI=1S/C19H25FN4O2/c1-22-13-16(12-21-22)4-6-19(25)24-9-7-23(8-10-24)14-15-3-5-18(26-2)17(20)11-15/h3,5,11-13H,4,6-10,14H2,1-2H3. The summed E-state index contributed by atoms with van der Waals surface area (Å²) in [5.41, 5.74) is 2.00. The van der Waals surface area contributed by atoms with E-state index in [0.29, 0.717) is 26.1 Å². The molecule has 0 spiro atoms. The molecule has 140 valence electrons. The third kappa shape index (κ3) is 4.60. The summed E-state index contributed by atoms with van der Waals surface area (Å²) in [6.45, 7) is 3.70. The largest absolute Gasteiger partial charge is 0.494 e. The van der Waals surface area contributed by atoms with Gasteiger partial charge in [-0.15, -0.1) is 0 Å². The fourth-order valence-corrected chi connectivity index (χ4v) is 3.23. The third-order valence-corrected chi connectivity index (χ3v) is 4.73. The Hall–Kier alpha value is -2.41. The predicted octanol–water partition coefficient (Wildman–Crippen LogP) is 1.84. The maximum absolute atomic E-state index is 13.8. The molecule has 6 nitrogen and oxygen atoms in total. The van der Waals surface area contributed by atoms with E-state index in [1.165, 1.54) is 13.2 Å². The van der Waals surface area contributed by atoms with Gasteiger partial charge in [-0.1, -0.05) is 6.07 Å². The molecule has 3 rings (SSSR count). The number of carbonyl (C=O) groups excluding carboxylic acids is 1. The molecule has 1 amide bonds. The van der Waals surface area contributed by atoms with Crippen LogP contribution in [0.5, 0.6) is 5.75 Å². The molecule has 0 N–H and O–H groups in total. The molecule has 0 saturated carbocycles. The van der Waals surface area contributed by atoms with Gasteiger partial charge < -0.3 is 9.64 Å². The molecule has 2 aromatic rings. The lowest BCUT2D eigenvalue weighted by atomic mass is 10.1. The van der Waals surface area contributed by atoms with Gasteiger partial charge in [0.15, 0.2) is 11.6 Å². The van der Waals surface area contributed by atoms with Crippen LogP contribution in [-0.2, 0) is 24.8 Å². The first-order valence-corrected chi connectivity index (χ1v) is 8.85. The summed E-state index contributed by atoms with van der Waals surface area (Å²) in [7, 11) is 3.34. The fraction of sp³-hybridized carbons (Fsp3) is 0.474. The zero-order chi connectivity index (χ0) is 18.5. The van der Waals surface area contributed by atoms with Gasteiger partial charge in [0.05, 0.1) is 13.3 Å². The minimum absolute atomic E-state index is 0.184. The molecule has 0 bridgehead atoms. The second kappa shape index (κ2) is 8.31. The van der Waals surface area contributed by atoms with Crippen molar-refractivity contribution < 1.29 is 13.9 Å². The van der Waals surface area contributed by atoms with E-state index < -0.39 is 0 Å². The smallest absolute Gasteiger partial charge is 0.222 e. The molecule has 1 fully saturated rings. The van der Waals surface area contributed by atoms with Crippen LogP contribution in [0, 0.1) is 5.82 Å². The van der Waals surface area contributed by atoms with Crippen molar-refractivity contribution in [2.45, 2.75) is 19.4 Å². The third-order valence-electron chi connectivity index (χ3n) is 4.73. The normalized spacial score (nSPS) is 15.3. The summed E-state index contributed by atoms with van der Waals surface area (Å²) in [6.07, 6.45) is 4.98. The first-order chi connectivity index (χ1) is 12.5. The number of nitrogens with zero attached hydrogens (tertiary/aromatic N) is 4. The van der Waals surface area contributed by atoms with Crippen molar-refractivity contribution in [3.8, 4) is 5.75 Å². The lowest BCUT2D eigenvalue weighted by molar-refractivity contribution is -0.133. The molecular weight excluding hydrogens is 335 g/mol. The molecule has 7 heteroatoms. The Morgan fingerprint density at radius 3 is 2.62 bits per heavy atom. The Morgan fingerprint density at radius 2 is 2.00 bits per heavy atom. The highest BCUT2D eigenvalue weighted by Gasteiger charge is 2.21. The number of benzene rings is 1. The minimum Gasteiger partial charge on any atom is -0.494 e. The Morgan fingerprint density at radius 1 is 1.23 bits per heavy atom. The number of aromatic nitrogens is 2. The molecule has 0 atom stereocenters. The zero-order valence-electron chi connectivity index (χ0n) is 15.3. The molecule has 1 aromatic carbocycles. The Bertz CT molecular complexity index is 754. The summed E-state index contributed by atoms with van der Waals surface area (Å²) in [5, 5.41) is 4.12. The highest BCUT2D eigenvalue weighted by molar-refractivity contribution is 5.76. The van der Waals surface area contributed by atoms with E-state index in [1.54, 1.807) is 16.9 Å². The first kappa shape index (κ1) is 18.4. The second-order valence-corrected chi connectivity index (χ2v) is 6.65. The van der Waals surface area contributed by atoms with E-state index in [0.717, 1.165) is 30.6 Å². The molecule has 1 saturated heterocycles. The molecule has 26 heavy (non-hydrogen) atoms. The number of hydrogen-bond acceptors (Lipinski definition) is 4. The van der Waals surface area contributed by atoms with Crippen molar-refractivity contribution in [3.63, 3.8) is 0 Å². The van der Waals surface area contributed by atoms with Crippen molar-refractivity contribution >= 4 is 5.91 Å². The average Bonchev–Trinajstić information content (AvgIpc) is 3.06. The number of ether oxygens (including phenoxy) is 1. The fourth-order valence-electron chi connectivity index (χ4n) is 3.23. The topological polar surface area (TPSA) is 50.6 Å². The van der Waals surface area contributed by atoms with Gasteiger partial charge in [0.2, 0.25) is 5.91 Å². The van der Waals surface area contributed by atoms with Crippen molar-refractivity contribution in [1.82, 2.24) is 19.6 Å². The molecule has 0 radical (unpaired) electrons. The second-order valence-electron chi connectivity index (χ2n) is 6.65. The van der Waals surface area contributed by atoms with E-state index in [4.69, 9.17) is 4.74 Å². The van der Waals surface area contributed by atoms with E-state index in [2.05, 4.69) is 10.00 Å². The number of rotatable bonds is 6. The highest BCUT2D eigenvalue weighted by Crippen LogP contribution is 2.19. The van der Waals surface area contributed by atoms with Gasteiger partial charge in [-0.2, -0.15) is 5.10 Å². The SMILES string of the molecule is COc1ccc(CN2CCN(C(=O)CCc3cnn(C)c3)CC2)cc1F. The van der Waals surface area contributed by atoms with Gasteiger partial charge in [0.25, 0.3) is 0 Å². The number of halogens is 1. The van der Waals surface area contributed by atoms with Crippen molar-refractivity contribution in [2.24, 2.45) is 7.05 Å². The van der Waals surface area contributed by atoms with Gasteiger partial charge in [-0.25, -0.2) is 4.39 Å². The van der Waals surface area contributed by atoms with Crippen molar-refractivity contribution in [3.05, 3.63) is 47.5 Å². The highest BCUT2D eigenvalue weighted by atomic mass is 19.1. The number of hydrogen-bond donors (Lipinski definition) is 0. The number of carbonyl (C=O) groups is 1. The molecule has 2 heterocycles. The summed E-state index contributed by atoms with van der Waals surface area (Å²) in [4.78, 5) is 16.5. The summed E-state index contributed by atoms with van der Waals surface area (Å²) in [5.74, 6) is 0.107. The zero-order valence-corrected chi connectivity index (χ0v) is 15.3. The van der Waals surface area contributed by atoms with Crippen LogP contribution in [-0.4, -0.2) is 58.8 Å². The van der Waals surface area contributed by atoms with Crippen LogP contribution in [0.15, 0.2) is 30.6 Å². The first-order valence-electron chi connectivity index (χ1n) is 8.85. The lowest BCUT2D eigenvalue weighted by Crippen LogP contribution is -2.48. The van der Waals surface area contributed by atoms with E-state index in [1.807, 2.05) is 24.2 Å². The molecule has 0 unspecified atom stereocenters. The van der Waals surface area contributed by atoms with Crippen molar-refractivity contribution in [2.75, 3.05) is 33.3 Å². The van der Waals surface area contributed by atoms with Crippen LogP contribution in [0.3, 0.4) is 0 Å². The van der Waals surface area contributed by atoms with E-state index >= 15 is 0 Å². The van der Waals surface area contributed by atoms with Crippen LogP contribution in [0.1, 0.15) is 17.5 Å². The Labute approximate surface area is 153 Å². The van der Waals surface area contributed by atoms with Crippen LogP contribution >= 0.6 is 0 Å². The van der Waals surface area contributed by atoms with Gasteiger partial charge in [0.1, 0.15) is 0 Å². The Balaban J connectivity index is 1.44. The number of piperazine rings is 1. The lowest BCUT2D eigenvalue weighted by Gasteiger charge is -2.34. The van der Waals surface area contributed by atoms with E-state index in [9.17, 15) is 9.18 Å². The van der Waals surface area contributed by atoms with Gasteiger partial charge in [-0.3, -0.25) is 14.4 Å². The molecule has 0 aliphatic carbocycles. The van der Waals surface area contributed by atoms with Crippen LogP contribution in [0.25, 0.3) is 0 Å². The maximum atomic E-state index is 13.8. The summed E-state index contributed by atoms with van der Waals surface area (Å²) < 4.78 is 20.5. The quantitative estimate of drug-likeness (QED) is 0.789. The molecule has 1 aliphatic heterocycles. The van der Waals surface area contributed by atoms with Gasteiger partial charge >= 0.3 is 0 Å². The number of methoxy groups -OCH3 is 1. The maximum Gasteiger partial charge on any atom is 0.222 e. The number of aryl methyl sites for hydroxylation is 2. The summed E-state index contributed by atoms with van der Waals surface area (Å²) in [6, 6.07) is 5.06. The van der Waals surface area contributed by atoms with Crippen molar-refractivity contribution in [1.29, 1.82) is 0 Å². The van der Waals surface area contributed by atoms with E-state index in [-0.39, 0.29) is 17.5 Å². The molecule has 1 aromatic heterocycles. The monoisotopic (exact) mass is 360 g/mol. The number of amides is 1. The minimum atomic E-state index is -0.339.